The molecule has 35 heavy (non-hydrogen) atoms. The van der Waals surface area contributed by atoms with Gasteiger partial charge in [0.15, 0.2) is 5.65 Å². The Balaban J connectivity index is 1.28. The summed E-state index contributed by atoms with van der Waals surface area (Å²) in [6.07, 6.45) is 0.799. The lowest BCUT2D eigenvalue weighted by Gasteiger charge is -2.36. The first-order chi connectivity index (χ1) is 16.8. The second-order valence-electron chi connectivity index (χ2n) is 8.75. The van der Waals surface area contributed by atoms with E-state index in [1.54, 1.807) is 16.7 Å². The van der Waals surface area contributed by atoms with E-state index in [-0.39, 0.29) is 24.8 Å². The van der Waals surface area contributed by atoms with Gasteiger partial charge in [0.05, 0.1) is 19.0 Å². The quantitative estimate of drug-likeness (QED) is 0.538. The van der Waals surface area contributed by atoms with Crippen molar-refractivity contribution in [1.29, 1.82) is 0 Å². The van der Waals surface area contributed by atoms with E-state index in [2.05, 4.69) is 20.3 Å². The zero-order valence-electron chi connectivity index (χ0n) is 20.6. The van der Waals surface area contributed by atoms with Crippen LogP contribution in [0, 0.1) is 13.8 Å². The van der Waals surface area contributed by atoms with E-state index in [4.69, 9.17) is 16.3 Å². The Morgan fingerprint density at radius 1 is 1.11 bits per heavy atom. The van der Waals surface area contributed by atoms with Gasteiger partial charge >= 0.3 is 0 Å². The van der Waals surface area contributed by atoms with Crippen molar-refractivity contribution in [3.05, 3.63) is 46.1 Å². The van der Waals surface area contributed by atoms with E-state index in [0.717, 1.165) is 46.6 Å². The second kappa shape index (κ2) is 10.5. The van der Waals surface area contributed by atoms with Gasteiger partial charge in [0.2, 0.25) is 17.7 Å². The molecule has 9 nitrogen and oxygen atoms in total. The SMILES string of the molecule is COc1nn(C)c2nc(C)c(CCC(=O)NCC(=O)N3CCN(c4ccc(Cl)cc4)CC3)c(C)c12. The van der Waals surface area contributed by atoms with Gasteiger partial charge in [0.1, 0.15) is 0 Å². The molecule has 0 atom stereocenters. The number of methoxy groups -OCH3 is 1. The van der Waals surface area contributed by atoms with Crippen molar-refractivity contribution in [2.75, 3.05) is 44.7 Å². The minimum Gasteiger partial charge on any atom is -0.479 e. The zero-order chi connectivity index (χ0) is 25.1. The van der Waals surface area contributed by atoms with E-state index < -0.39 is 0 Å². The van der Waals surface area contributed by atoms with Crippen LogP contribution in [0.25, 0.3) is 11.0 Å². The molecule has 3 aromatic rings. The normalized spacial score (nSPS) is 13.9. The molecule has 0 saturated carbocycles. The van der Waals surface area contributed by atoms with E-state index in [9.17, 15) is 9.59 Å². The van der Waals surface area contributed by atoms with Gasteiger partial charge in [-0.2, -0.15) is 0 Å². The molecule has 1 aliphatic rings. The van der Waals surface area contributed by atoms with E-state index in [0.29, 0.717) is 30.4 Å². The maximum atomic E-state index is 12.6. The number of nitrogens with zero attached hydrogens (tertiary/aromatic N) is 5. The van der Waals surface area contributed by atoms with Crippen LogP contribution in [0.4, 0.5) is 5.69 Å². The first-order valence-electron chi connectivity index (χ1n) is 11.7. The van der Waals surface area contributed by atoms with Crippen molar-refractivity contribution in [3.8, 4) is 5.88 Å². The summed E-state index contributed by atoms with van der Waals surface area (Å²) in [6, 6.07) is 7.71. The molecule has 1 aliphatic heterocycles. The van der Waals surface area contributed by atoms with Crippen molar-refractivity contribution in [3.63, 3.8) is 0 Å². The molecule has 4 rings (SSSR count). The van der Waals surface area contributed by atoms with Crippen molar-refractivity contribution >= 4 is 40.1 Å². The lowest BCUT2D eigenvalue weighted by molar-refractivity contribution is -0.133. The third-order valence-corrected chi connectivity index (χ3v) is 6.83. The van der Waals surface area contributed by atoms with Gasteiger partial charge in [-0.25, -0.2) is 9.67 Å². The van der Waals surface area contributed by atoms with E-state index in [1.807, 2.05) is 45.2 Å². The van der Waals surface area contributed by atoms with Crippen LogP contribution in [0.3, 0.4) is 0 Å². The number of fused-ring (bicyclic) bond motifs is 1. The van der Waals surface area contributed by atoms with Gasteiger partial charge in [-0.05, 0) is 55.7 Å². The fraction of sp³-hybridized carbons (Fsp3) is 0.440. The number of aromatic nitrogens is 3. The van der Waals surface area contributed by atoms with Crippen molar-refractivity contribution in [2.24, 2.45) is 7.05 Å². The molecule has 0 aliphatic carbocycles. The number of amides is 2. The van der Waals surface area contributed by atoms with Gasteiger partial charge in [-0.15, -0.1) is 5.10 Å². The van der Waals surface area contributed by atoms with Crippen LogP contribution in [0.1, 0.15) is 23.2 Å². The Labute approximate surface area is 210 Å². The van der Waals surface area contributed by atoms with Gasteiger partial charge in [-0.3, -0.25) is 9.59 Å². The monoisotopic (exact) mass is 498 g/mol. The lowest BCUT2D eigenvalue weighted by atomic mass is 10.00. The molecule has 3 heterocycles. The molecule has 0 bridgehead atoms. The average Bonchev–Trinajstić information content (AvgIpc) is 3.18. The minimum absolute atomic E-state index is 0.00541. The fourth-order valence-corrected chi connectivity index (χ4v) is 4.71. The maximum absolute atomic E-state index is 12.6. The maximum Gasteiger partial charge on any atom is 0.242 e. The first kappa shape index (κ1) is 24.8. The van der Waals surface area contributed by atoms with Crippen molar-refractivity contribution in [1.82, 2.24) is 25.0 Å². The Bertz CT molecular complexity index is 1230. The Morgan fingerprint density at radius 2 is 1.80 bits per heavy atom. The van der Waals surface area contributed by atoms with Crippen LogP contribution in [0.15, 0.2) is 24.3 Å². The van der Waals surface area contributed by atoms with E-state index >= 15 is 0 Å². The lowest BCUT2D eigenvalue weighted by Crippen LogP contribution is -2.51. The highest BCUT2D eigenvalue weighted by molar-refractivity contribution is 6.30. The predicted molar refractivity (Wildman–Crippen MR) is 136 cm³/mol. The van der Waals surface area contributed by atoms with Crippen molar-refractivity contribution in [2.45, 2.75) is 26.7 Å². The summed E-state index contributed by atoms with van der Waals surface area (Å²) >= 11 is 5.97. The number of nitrogens with one attached hydrogen (secondary N) is 1. The molecule has 1 saturated heterocycles. The van der Waals surface area contributed by atoms with E-state index in [1.165, 1.54) is 0 Å². The van der Waals surface area contributed by atoms with Crippen LogP contribution < -0.4 is 15.0 Å². The standard InChI is InChI=1S/C25H31ClN6O3/c1-16-20(17(2)28-24-23(16)25(35-4)29-30(24)3)9-10-21(33)27-15-22(34)32-13-11-31(12-14-32)19-7-5-18(26)6-8-19/h5-8H,9-15H2,1-4H3,(H,27,33). The largest absolute Gasteiger partial charge is 0.479 e. The molecule has 2 amide bonds. The predicted octanol–water partition coefficient (Wildman–Crippen LogP) is 2.64. The third kappa shape index (κ3) is 5.35. The number of aryl methyl sites for hydroxylation is 3. The molecule has 10 heteroatoms. The molecule has 0 spiro atoms. The summed E-state index contributed by atoms with van der Waals surface area (Å²) < 4.78 is 7.11. The Hall–Kier alpha value is -3.33. The smallest absolute Gasteiger partial charge is 0.242 e. The van der Waals surface area contributed by atoms with Crippen LogP contribution in [0.2, 0.25) is 5.02 Å². The summed E-state index contributed by atoms with van der Waals surface area (Å²) in [6.45, 7) is 6.67. The highest BCUT2D eigenvalue weighted by Crippen LogP contribution is 2.30. The Kier molecular flexibility index (Phi) is 7.45. The summed E-state index contributed by atoms with van der Waals surface area (Å²) in [4.78, 5) is 33.8. The number of anilines is 1. The average molecular weight is 499 g/mol. The number of carbonyl (C=O) groups excluding carboxylic acids is 2. The van der Waals surface area contributed by atoms with Gasteiger partial charge in [0.25, 0.3) is 0 Å². The third-order valence-electron chi connectivity index (χ3n) is 6.58. The molecule has 0 radical (unpaired) electrons. The van der Waals surface area contributed by atoms with Crippen LogP contribution in [0.5, 0.6) is 5.88 Å². The number of benzene rings is 1. The van der Waals surface area contributed by atoms with Crippen molar-refractivity contribution < 1.29 is 14.3 Å². The number of hydrogen-bond acceptors (Lipinski definition) is 6. The topological polar surface area (TPSA) is 92.6 Å². The molecule has 1 N–H and O–H groups in total. The first-order valence-corrected chi connectivity index (χ1v) is 12.1. The minimum atomic E-state index is -0.157. The number of ether oxygens (including phenoxy) is 1. The summed E-state index contributed by atoms with van der Waals surface area (Å²) in [5.41, 5.74) is 4.73. The molecule has 186 valence electrons. The number of rotatable bonds is 7. The molecular formula is C25H31ClN6O3. The Morgan fingerprint density at radius 3 is 2.46 bits per heavy atom. The zero-order valence-corrected chi connectivity index (χ0v) is 21.4. The molecule has 1 fully saturated rings. The second-order valence-corrected chi connectivity index (χ2v) is 9.19. The van der Waals surface area contributed by atoms with Crippen LogP contribution >= 0.6 is 11.6 Å². The number of piperazine rings is 1. The summed E-state index contributed by atoms with van der Waals surface area (Å²) in [5.74, 6) is 0.305. The number of halogens is 1. The summed E-state index contributed by atoms with van der Waals surface area (Å²) in [7, 11) is 3.42. The molecule has 1 aromatic carbocycles. The highest BCUT2D eigenvalue weighted by Gasteiger charge is 2.22. The fourth-order valence-electron chi connectivity index (χ4n) is 4.59. The molecule has 2 aromatic heterocycles. The highest BCUT2D eigenvalue weighted by atomic mass is 35.5. The van der Waals surface area contributed by atoms with Crippen LogP contribution in [-0.2, 0) is 23.1 Å². The molecule has 0 unspecified atom stereocenters. The van der Waals surface area contributed by atoms with Gasteiger partial charge in [0, 0.05) is 56.1 Å². The number of carbonyl (C=O) groups is 2. The van der Waals surface area contributed by atoms with Gasteiger partial charge in [-0.1, -0.05) is 11.6 Å². The number of pyridine rings is 1. The van der Waals surface area contributed by atoms with Gasteiger partial charge < -0.3 is 19.9 Å². The number of hydrogen-bond donors (Lipinski definition) is 1. The molecular weight excluding hydrogens is 468 g/mol. The van der Waals surface area contributed by atoms with Crippen LogP contribution in [-0.4, -0.2) is 71.3 Å². The summed E-state index contributed by atoms with van der Waals surface area (Å²) in [5, 5.41) is 8.72.